The molecule has 2 rings (SSSR count). The fraction of sp³-hybridized carbons (Fsp3) is 0.938. The lowest BCUT2D eigenvalue weighted by molar-refractivity contribution is -0.158. The van der Waals surface area contributed by atoms with Crippen molar-refractivity contribution in [1.82, 2.24) is 4.90 Å². The van der Waals surface area contributed by atoms with Gasteiger partial charge in [0.2, 0.25) is 0 Å². The van der Waals surface area contributed by atoms with Gasteiger partial charge in [-0.2, -0.15) is 0 Å². The van der Waals surface area contributed by atoms with E-state index in [1.54, 1.807) is 0 Å². The molecule has 2 atom stereocenters. The first-order valence-corrected chi connectivity index (χ1v) is 8.08. The van der Waals surface area contributed by atoms with Gasteiger partial charge in [-0.05, 0) is 45.6 Å². The Morgan fingerprint density at radius 1 is 1.16 bits per heavy atom. The number of carbonyl (C=O) groups excluding carboxylic acids is 1. The van der Waals surface area contributed by atoms with Gasteiger partial charge in [0.25, 0.3) is 0 Å². The normalized spacial score (nSPS) is 30.8. The van der Waals surface area contributed by atoms with Crippen LogP contribution in [0.2, 0.25) is 0 Å². The van der Waals surface area contributed by atoms with Crippen LogP contribution in [0.3, 0.4) is 0 Å². The zero-order valence-corrected chi connectivity index (χ0v) is 12.7. The third-order valence-electron chi connectivity index (χ3n) is 4.95. The van der Waals surface area contributed by atoms with Gasteiger partial charge in [0.05, 0.1) is 5.92 Å². The molecule has 0 amide bonds. The van der Waals surface area contributed by atoms with Crippen LogP contribution in [0, 0.1) is 5.92 Å². The van der Waals surface area contributed by atoms with Crippen molar-refractivity contribution in [1.29, 1.82) is 0 Å². The Morgan fingerprint density at radius 2 is 1.68 bits per heavy atom. The molecule has 0 aliphatic carbocycles. The van der Waals surface area contributed by atoms with Gasteiger partial charge in [0, 0.05) is 12.1 Å². The monoisotopic (exact) mass is 267 g/mol. The van der Waals surface area contributed by atoms with E-state index in [9.17, 15) is 4.79 Å². The molecular formula is C16H29NO2. The molecule has 110 valence electrons. The van der Waals surface area contributed by atoms with E-state index in [1.165, 1.54) is 12.8 Å². The smallest absolute Gasteiger partial charge is 0.309 e. The first kappa shape index (κ1) is 14.8. The van der Waals surface area contributed by atoms with E-state index < -0.39 is 0 Å². The quantitative estimate of drug-likeness (QED) is 0.691. The van der Waals surface area contributed by atoms with Crippen molar-refractivity contribution in [3.05, 3.63) is 0 Å². The molecule has 0 spiro atoms. The van der Waals surface area contributed by atoms with Crippen LogP contribution >= 0.6 is 0 Å². The summed E-state index contributed by atoms with van der Waals surface area (Å²) in [5.41, 5.74) is 0. The van der Waals surface area contributed by atoms with E-state index >= 15 is 0 Å². The standard InChI is InChI=1S/C16H29NO2/c1-4-6-12(7-5-2)16(18)19-15-10-13-8-9-14(11-15)17(13)3/h12-15H,4-11H2,1-3H3. The molecule has 2 bridgehead atoms. The van der Waals surface area contributed by atoms with Crippen LogP contribution in [0.15, 0.2) is 0 Å². The van der Waals surface area contributed by atoms with Crippen molar-refractivity contribution in [3.63, 3.8) is 0 Å². The Kier molecular flexibility index (Phi) is 5.26. The molecule has 3 heteroatoms. The average molecular weight is 267 g/mol. The largest absolute Gasteiger partial charge is 0.462 e. The molecule has 0 N–H and O–H groups in total. The van der Waals surface area contributed by atoms with Crippen molar-refractivity contribution in [2.24, 2.45) is 5.92 Å². The van der Waals surface area contributed by atoms with Gasteiger partial charge >= 0.3 is 5.97 Å². The van der Waals surface area contributed by atoms with Crippen molar-refractivity contribution >= 4 is 5.97 Å². The van der Waals surface area contributed by atoms with E-state index in [0.717, 1.165) is 38.5 Å². The molecule has 2 unspecified atom stereocenters. The van der Waals surface area contributed by atoms with Gasteiger partial charge in [-0.25, -0.2) is 0 Å². The summed E-state index contributed by atoms with van der Waals surface area (Å²) in [6.07, 6.45) is 8.92. The Morgan fingerprint density at radius 3 is 2.16 bits per heavy atom. The van der Waals surface area contributed by atoms with Crippen LogP contribution in [-0.4, -0.2) is 36.1 Å². The second-order valence-corrected chi connectivity index (χ2v) is 6.36. The number of rotatable bonds is 6. The number of ether oxygens (including phenoxy) is 1. The highest BCUT2D eigenvalue weighted by Crippen LogP contribution is 2.35. The predicted octanol–water partition coefficient (Wildman–Crippen LogP) is 3.37. The maximum Gasteiger partial charge on any atom is 0.309 e. The summed E-state index contributed by atoms with van der Waals surface area (Å²) in [6.45, 7) is 4.29. The minimum absolute atomic E-state index is 0.0673. The molecule has 19 heavy (non-hydrogen) atoms. The van der Waals surface area contributed by atoms with Gasteiger partial charge < -0.3 is 9.64 Å². The molecule has 2 fully saturated rings. The van der Waals surface area contributed by atoms with Crippen LogP contribution in [-0.2, 0) is 9.53 Å². The Hall–Kier alpha value is -0.570. The number of fused-ring (bicyclic) bond motifs is 2. The molecule has 0 aromatic rings. The molecule has 0 aromatic carbocycles. The molecule has 2 aliphatic heterocycles. The highest BCUT2D eigenvalue weighted by molar-refractivity contribution is 5.72. The molecule has 0 radical (unpaired) electrons. The molecule has 2 saturated heterocycles. The molecular weight excluding hydrogens is 238 g/mol. The summed E-state index contributed by atoms with van der Waals surface area (Å²) in [5, 5.41) is 0. The lowest BCUT2D eigenvalue weighted by atomic mass is 9.97. The van der Waals surface area contributed by atoms with E-state index in [4.69, 9.17) is 4.74 Å². The maximum atomic E-state index is 12.3. The fourth-order valence-electron chi connectivity index (χ4n) is 3.80. The number of piperidine rings is 1. The van der Waals surface area contributed by atoms with E-state index in [2.05, 4.69) is 25.8 Å². The minimum Gasteiger partial charge on any atom is -0.462 e. The Balaban J connectivity index is 1.85. The summed E-state index contributed by atoms with van der Waals surface area (Å²) >= 11 is 0. The van der Waals surface area contributed by atoms with Crippen LogP contribution in [0.1, 0.15) is 65.2 Å². The summed E-state index contributed by atoms with van der Waals surface area (Å²) in [7, 11) is 2.22. The Labute approximate surface area is 117 Å². The van der Waals surface area contributed by atoms with Crippen LogP contribution in [0.25, 0.3) is 0 Å². The zero-order chi connectivity index (χ0) is 13.8. The number of hydrogen-bond acceptors (Lipinski definition) is 3. The van der Waals surface area contributed by atoms with E-state index in [0.29, 0.717) is 12.1 Å². The number of hydrogen-bond donors (Lipinski definition) is 0. The third-order valence-corrected chi connectivity index (χ3v) is 4.95. The fourth-order valence-corrected chi connectivity index (χ4v) is 3.80. The minimum atomic E-state index is 0.0673. The molecule has 0 aromatic heterocycles. The SMILES string of the molecule is CCCC(CCC)C(=O)OC1CC2CCC(C1)N2C. The number of esters is 1. The van der Waals surface area contributed by atoms with Gasteiger partial charge in [0.1, 0.15) is 6.10 Å². The van der Waals surface area contributed by atoms with E-state index in [1.807, 2.05) is 0 Å². The predicted molar refractivity (Wildman–Crippen MR) is 77.0 cm³/mol. The lowest BCUT2D eigenvalue weighted by Gasteiger charge is -2.36. The highest BCUT2D eigenvalue weighted by Gasteiger charge is 2.40. The summed E-state index contributed by atoms with van der Waals surface area (Å²) in [4.78, 5) is 14.8. The molecule has 2 heterocycles. The topological polar surface area (TPSA) is 29.5 Å². The van der Waals surface area contributed by atoms with Crippen molar-refractivity contribution < 1.29 is 9.53 Å². The highest BCUT2D eigenvalue weighted by atomic mass is 16.5. The van der Waals surface area contributed by atoms with Gasteiger partial charge in [-0.3, -0.25) is 4.79 Å². The van der Waals surface area contributed by atoms with Crippen molar-refractivity contribution in [2.75, 3.05) is 7.05 Å². The first-order chi connectivity index (χ1) is 9.15. The summed E-state index contributed by atoms with van der Waals surface area (Å²) < 4.78 is 5.82. The summed E-state index contributed by atoms with van der Waals surface area (Å²) in [5.74, 6) is 0.199. The zero-order valence-electron chi connectivity index (χ0n) is 12.7. The maximum absolute atomic E-state index is 12.3. The van der Waals surface area contributed by atoms with Gasteiger partial charge in [-0.1, -0.05) is 26.7 Å². The van der Waals surface area contributed by atoms with Gasteiger partial charge in [0.15, 0.2) is 0 Å². The van der Waals surface area contributed by atoms with Crippen LogP contribution < -0.4 is 0 Å². The molecule has 2 aliphatic rings. The van der Waals surface area contributed by atoms with Crippen LogP contribution in [0.4, 0.5) is 0 Å². The van der Waals surface area contributed by atoms with E-state index in [-0.39, 0.29) is 18.0 Å². The number of carbonyl (C=O) groups is 1. The summed E-state index contributed by atoms with van der Waals surface area (Å²) in [6, 6.07) is 1.29. The second-order valence-electron chi connectivity index (χ2n) is 6.36. The lowest BCUT2D eigenvalue weighted by Crippen LogP contribution is -2.43. The molecule has 0 saturated carbocycles. The van der Waals surface area contributed by atoms with Crippen LogP contribution in [0.5, 0.6) is 0 Å². The second kappa shape index (κ2) is 6.74. The Bertz CT molecular complexity index is 285. The third kappa shape index (κ3) is 3.50. The van der Waals surface area contributed by atoms with Gasteiger partial charge in [-0.15, -0.1) is 0 Å². The molecule has 3 nitrogen and oxygen atoms in total. The first-order valence-electron chi connectivity index (χ1n) is 8.08. The van der Waals surface area contributed by atoms with Crippen molar-refractivity contribution in [3.8, 4) is 0 Å². The number of nitrogens with zero attached hydrogens (tertiary/aromatic N) is 1. The van der Waals surface area contributed by atoms with Crippen molar-refractivity contribution in [2.45, 2.75) is 83.4 Å². The average Bonchev–Trinajstić information content (AvgIpc) is 2.62.